The van der Waals surface area contributed by atoms with Crippen LogP contribution in [0.4, 0.5) is 13.6 Å². The number of rotatable bonds is 28. The van der Waals surface area contributed by atoms with Crippen molar-refractivity contribution in [2.45, 2.75) is 104 Å². The molecule has 0 aliphatic heterocycles. The SMILES string of the molecule is CC(=O)N[C@H](C(=O)N[C@@H](CCCNC(N)=O)C(=O)N[C@@H](CCN(C(=O)CO)[C@@H](c1cc(-c2cc(F)ccc2F)cn1Cc1ccccc1)C(C)(C)C)C(=O)NCCNC(=O)CNC(=O)CCC(=O)O)C(C)C. The fraction of sp³-hybridized carbons (Fsp3) is 0.490. The smallest absolute Gasteiger partial charge is 0.312 e. The van der Waals surface area contributed by atoms with Gasteiger partial charge in [-0.05, 0) is 60.4 Å². The van der Waals surface area contributed by atoms with Crippen molar-refractivity contribution >= 4 is 53.4 Å². The number of nitrogens with zero attached hydrogens (tertiary/aromatic N) is 2. The molecule has 3 rings (SSSR count). The van der Waals surface area contributed by atoms with Gasteiger partial charge >= 0.3 is 12.0 Å². The van der Waals surface area contributed by atoms with Crippen LogP contribution < -0.4 is 43.0 Å². The van der Waals surface area contributed by atoms with Crippen molar-refractivity contribution in [2.75, 3.05) is 39.3 Å². The number of carboxylic acids is 1. The molecule has 1 aromatic heterocycles. The number of primary amides is 1. The van der Waals surface area contributed by atoms with E-state index < -0.39 is 120 Å². The molecule has 23 heteroatoms. The first-order chi connectivity index (χ1) is 33.9. The van der Waals surface area contributed by atoms with Crippen molar-refractivity contribution < 1.29 is 62.1 Å². The summed E-state index contributed by atoms with van der Waals surface area (Å²) in [6.45, 7) is 8.10. The number of carboxylic acid groups (broad SMARTS) is 1. The maximum atomic E-state index is 15.4. The minimum atomic E-state index is -1.48. The molecular weight excluding hydrogens is 943 g/mol. The highest BCUT2D eigenvalue weighted by Crippen LogP contribution is 2.41. The lowest BCUT2D eigenvalue weighted by Crippen LogP contribution is -2.58. The Morgan fingerprint density at radius 2 is 1.42 bits per heavy atom. The normalized spacial score (nSPS) is 12.9. The zero-order valence-corrected chi connectivity index (χ0v) is 41.4. The summed E-state index contributed by atoms with van der Waals surface area (Å²) in [6, 6.07) is 8.20. The number of nitrogens with two attached hydrogens (primary N) is 1. The van der Waals surface area contributed by atoms with E-state index in [0.29, 0.717) is 5.69 Å². The third-order valence-electron chi connectivity index (χ3n) is 11.2. The fourth-order valence-electron chi connectivity index (χ4n) is 7.77. The summed E-state index contributed by atoms with van der Waals surface area (Å²) in [5.41, 5.74) is 5.89. The van der Waals surface area contributed by atoms with Crippen LogP contribution in [-0.4, -0.2) is 130 Å². The van der Waals surface area contributed by atoms with Gasteiger partial charge in [-0.3, -0.25) is 38.4 Å². The topological polar surface area (TPSA) is 312 Å². The van der Waals surface area contributed by atoms with Crippen LogP contribution in [0.2, 0.25) is 0 Å². The van der Waals surface area contributed by atoms with Crippen molar-refractivity contribution in [3.8, 4) is 11.1 Å². The standard InChI is InChI=1S/C49H68F2N10O11/c1-29(2)43(57-30(3)63)47(71)59-36(13-10-19-55-48(52)72)46(70)58-37(45(69)54-21-20-53-40(65)25-56-39(64)16-17-42(67)68)18-22-61(41(66)28-62)44(49(4,5)6)38-23-32(34-24-33(50)14-15-35(34)51)27-60(38)26-31-11-8-7-9-12-31/h7-9,11-12,14-15,23-24,27,29,36-37,43-44,62H,10,13,16-22,25-26,28H2,1-6H3,(H,53,65)(H,54,69)(H,56,64)(H,57,63)(H,58,70)(H,59,71)(H,67,68)(H3,52,55,72)/t36-,37-,43-,44-/m0/s1. The summed E-state index contributed by atoms with van der Waals surface area (Å²) in [6.07, 6.45) is 0.550. The highest BCUT2D eigenvalue weighted by molar-refractivity contribution is 5.94. The third-order valence-corrected chi connectivity index (χ3v) is 11.2. The highest BCUT2D eigenvalue weighted by Gasteiger charge is 2.38. The second-order valence-electron chi connectivity index (χ2n) is 18.5. The van der Waals surface area contributed by atoms with Crippen molar-refractivity contribution in [1.29, 1.82) is 0 Å². The first-order valence-corrected chi connectivity index (χ1v) is 23.5. The van der Waals surface area contributed by atoms with Gasteiger partial charge in [0.2, 0.25) is 41.4 Å². The molecule has 394 valence electrons. The second kappa shape index (κ2) is 28.4. The van der Waals surface area contributed by atoms with Gasteiger partial charge in [0, 0.05) is 69.1 Å². The number of aromatic nitrogens is 1. The number of aliphatic hydroxyl groups is 1. The van der Waals surface area contributed by atoms with Crippen LogP contribution in [0.3, 0.4) is 0 Å². The molecule has 0 aliphatic rings. The Bertz CT molecular complexity index is 2380. The molecule has 0 spiro atoms. The van der Waals surface area contributed by atoms with Crippen LogP contribution >= 0.6 is 0 Å². The summed E-state index contributed by atoms with van der Waals surface area (Å²) in [4.78, 5) is 116. The van der Waals surface area contributed by atoms with Crippen molar-refractivity contribution in [1.82, 2.24) is 46.7 Å². The van der Waals surface area contributed by atoms with Gasteiger partial charge < -0.3 is 62.6 Å². The van der Waals surface area contributed by atoms with E-state index >= 15 is 4.39 Å². The van der Waals surface area contributed by atoms with Crippen LogP contribution in [-0.2, 0) is 44.9 Å². The van der Waals surface area contributed by atoms with Crippen LogP contribution in [0.5, 0.6) is 0 Å². The number of carbonyl (C=O) groups excluding carboxylic acids is 8. The molecule has 9 amide bonds. The van der Waals surface area contributed by atoms with Crippen LogP contribution in [0, 0.1) is 23.0 Å². The number of hydrogen-bond acceptors (Lipinski definition) is 10. The summed E-state index contributed by atoms with van der Waals surface area (Å²) >= 11 is 0. The number of benzene rings is 2. The number of carbonyl (C=O) groups is 9. The van der Waals surface area contributed by atoms with Gasteiger partial charge in [-0.1, -0.05) is 65.0 Å². The summed E-state index contributed by atoms with van der Waals surface area (Å²) in [5, 5.41) is 36.9. The molecule has 0 aliphatic carbocycles. The van der Waals surface area contributed by atoms with Crippen LogP contribution in [0.25, 0.3) is 11.1 Å². The van der Waals surface area contributed by atoms with Gasteiger partial charge in [0.25, 0.3) is 0 Å². The number of amides is 9. The largest absolute Gasteiger partial charge is 0.481 e. The van der Waals surface area contributed by atoms with Crippen LogP contribution in [0.1, 0.15) is 90.9 Å². The van der Waals surface area contributed by atoms with Gasteiger partial charge in [0.05, 0.1) is 19.0 Å². The van der Waals surface area contributed by atoms with Gasteiger partial charge in [0.1, 0.15) is 36.4 Å². The van der Waals surface area contributed by atoms with Crippen molar-refractivity contribution in [3.63, 3.8) is 0 Å². The monoisotopic (exact) mass is 1010 g/mol. The maximum absolute atomic E-state index is 15.4. The number of hydrogen-bond donors (Lipinski definition) is 10. The molecule has 4 atom stereocenters. The molecule has 0 fully saturated rings. The Hall–Kier alpha value is -7.43. The zero-order chi connectivity index (χ0) is 53.7. The summed E-state index contributed by atoms with van der Waals surface area (Å²) < 4.78 is 31.7. The molecule has 2 aromatic carbocycles. The quantitative estimate of drug-likeness (QED) is 0.0466. The fourth-order valence-corrected chi connectivity index (χ4v) is 7.77. The van der Waals surface area contributed by atoms with Crippen LogP contribution in [0.15, 0.2) is 60.8 Å². The first kappa shape index (κ1) is 58.9. The molecule has 11 N–H and O–H groups in total. The average Bonchev–Trinajstić information content (AvgIpc) is 3.71. The van der Waals surface area contributed by atoms with E-state index in [-0.39, 0.29) is 69.5 Å². The van der Waals surface area contributed by atoms with Gasteiger partial charge in [-0.2, -0.15) is 0 Å². The Labute approximate surface area is 416 Å². The Balaban J connectivity index is 2.06. The number of aliphatic hydroxyl groups excluding tert-OH is 1. The number of halogens is 2. The van der Waals surface area contributed by atoms with E-state index in [2.05, 4.69) is 37.2 Å². The molecule has 0 bridgehead atoms. The van der Waals surface area contributed by atoms with Gasteiger partial charge in [0.15, 0.2) is 0 Å². The Morgan fingerprint density at radius 1 is 0.764 bits per heavy atom. The average molecular weight is 1010 g/mol. The molecule has 0 saturated carbocycles. The molecule has 1 heterocycles. The number of aliphatic carboxylic acids is 1. The third kappa shape index (κ3) is 19.4. The molecule has 21 nitrogen and oxygen atoms in total. The molecule has 0 unspecified atom stereocenters. The van der Waals surface area contributed by atoms with E-state index in [9.17, 15) is 52.6 Å². The second-order valence-corrected chi connectivity index (χ2v) is 18.5. The Kier molecular flexibility index (Phi) is 23.2. The van der Waals surface area contributed by atoms with E-state index in [4.69, 9.17) is 10.8 Å². The van der Waals surface area contributed by atoms with Gasteiger partial charge in [-0.15, -0.1) is 0 Å². The minimum absolute atomic E-state index is 0.00191. The zero-order valence-electron chi connectivity index (χ0n) is 41.4. The predicted octanol–water partition coefficient (Wildman–Crippen LogP) is 1.57. The van der Waals surface area contributed by atoms with E-state index in [1.165, 1.54) is 11.8 Å². The van der Waals surface area contributed by atoms with E-state index in [0.717, 1.165) is 23.8 Å². The van der Waals surface area contributed by atoms with Crippen molar-refractivity contribution in [2.24, 2.45) is 17.1 Å². The number of urea groups is 1. The Morgan fingerprint density at radius 3 is 2.03 bits per heavy atom. The minimum Gasteiger partial charge on any atom is -0.481 e. The predicted molar refractivity (Wildman–Crippen MR) is 260 cm³/mol. The molecular formula is C49H68F2N10O11. The molecule has 3 aromatic rings. The summed E-state index contributed by atoms with van der Waals surface area (Å²) in [5.74, 6) is -8.02. The summed E-state index contributed by atoms with van der Waals surface area (Å²) in [7, 11) is 0. The van der Waals surface area contributed by atoms with E-state index in [1.54, 1.807) is 30.7 Å². The van der Waals surface area contributed by atoms with Crippen molar-refractivity contribution in [3.05, 3.63) is 83.7 Å². The lowest BCUT2D eigenvalue weighted by atomic mass is 9.82. The first-order valence-electron chi connectivity index (χ1n) is 23.5. The molecule has 72 heavy (non-hydrogen) atoms. The molecule has 0 saturated heterocycles. The maximum Gasteiger partial charge on any atom is 0.312 e. The van der Waals surface area contributed by atoms with Gasteiger partial charge in [-0.25, -0.2) is 13.6 Å². The molecule has 0 radical (unpaired) electrons. The lowest BCUT2D eigenvalue weighted by molar-refractivity contribution is -0.140. The number of nitrogens with one attached hydrogen (secondary N) is 7. The lowest BCUT2D eigenvalue weighted by Gasteiger charge is -2.41. The highest BCUT2D eigenvalue weighted by atomic mass is 19.1. The van der Waals surface area contributed by atoms with E-state index in [1.807, 2.05) is 51.1 Å².